The van der Waals surface area contributed by atoms with E-state index >= 15 is 0 Å². The van der Waals surface area contributed by atoms with Gasteiger partial charge in [0.25, 0.3) is 0 Å². The van der Waals surface area contributed by atoms with Gasteiger partial charge in [0.15, 0.2) is 11.5 Å². The van der Waals surface area contributed by atoms with Crippen LogP contribution in [0.5, 0.6) is 11.5 Å². The van der Waals surface area contributed by atoms with Crippen LogP contribution in [-0.2, 0) is 6.42 Å². The van der Waals surface area contributed by atoms with Crippen molar-refractivity contribution in [1.29, 1.82) is 0 Å². The molecule has 3 nitrogen and oxygen atoms in total. The summed E-state index contributed by atoms with van der Waals surface area (Å²) in [5.74, 6) is 4.15. The minimum Gasteiger partial charge on any atom is -0.493 e. The van der Waals surface area contributed by atoms with Gasteiger partial charge in [0, 0.05) is 19.1 Å². The van der Waals surface area contributed by atoms with Crippen molar-refractivity contribution in [2.45, 2.75) is 53.5 Å². The van der Waals surface area contributed by atoms with Crippen LogP contribution in [0.15, 0.2) is 12.1 Å². The Hall–Kier alpha value is -1.22. The molecule has 1 fully saturated rings. The summed E-state index contributed by atoms with van der Waals surface area (Å²) >= 11 is 0. The van der Waals surface area contributed by atoms with Gasteiger partial charge in [0.1, 0.15) is 0 Å². The number of nitrogens with zero attached hydrogens (tertiary/aromatic N) is 1. The molecule has 1 aromatic carbocycles. The number of methoxy groups -OCH3 is 2. The zero-order valence-electron chi connectivity index (χ0n) is 15.3. The summed E-state index contributed by atoms with van der Waals surface area (Å²) in [6.45, 7) is 9.56. The first-order valence-corrected chi connectivity index (χ1v) is 9.02. The molecule has 3 atom stereocenters. The fourth-order valence-corrected chi connectivity index (χ4v) is 4.51. The number of benzene rings is 1. The Labute approximate surface area is 148 Å². The summed E-state index contributed by atoms with van der Waals surface area (Å²) in [6.07, 6.45) is 3.73. The second-order valence-corrected chi connectivity index (χ2v) is 7.77. The highest BCUT2D eigenvalue weighted by atomic mass is 16.5. The zero-order chi connectivity index (χ0) is 16.6. The van der Waals surface area contributed by atoms with Crippen molar-refractivity contribution in [2.75, 3.05) is 27.3 Å². The van der Waals surface area contributed by atoms with E-state index in [1.54, 1.807) is 14.2 Å². The molecule has 0 aliphatic carbocycles. The summed E-state index contributed by atoms with van der Waals surface area (Å²) in [5.41, 5.74) is 2.90. The molecule has 136 valence electrons. The normalized spacial score (nSPS) is 26.3. The lowest BCUT2D eigenvalue weighted by atomic mass is 9.75. The van der Waals surface area contributed by atoms with Gasteiger partial charge in [0.2, 0.25) is 0 Å². The summed E-state index contributed by atoms with van der Waals surface area (Å²) in [5, 5.41) is 0. The molecular formula is C21H35NO2. The molecule has 0 spiro atoms. The summed E-state index contributed by atoms with van der Waals surface area (Å²) in [7, 11) is 3.45. The molecule has 3 rings (SSSR count). The van der Waals surface area contributed by atoms with Crippen LogP contribution in [0.4, 0.5) is 0 Å². The Kier molecular flexibility index (Phi) is 6.19. The molecule has 1 aromatic rings. The van der Waals surface area contributed by atoms with Crippen LogP contribution in [0.3, 0.4) is 0 Å². The van der Waals surface area contributed by atoms with Crippen LogP contribution in [-0.4, -0.2) is 32.2 Å². The molecule has 0 bridgehead atoms. The number of rotatable bonds is 4. The van der Waals surface area contributed by atoms with E-state index in [0.29, 0.717) is 6.04 Å². The molecule has 0 amide bonds. The maximum Gasteiger partial charge on any atom is 0.161 e. The van der Waals surface area contributed by atoms with Crippen LogP contribution in [0, 0.1) is 17.8 Å². The Balaban J connectivity index is 0.00000208. The topological polar surface area (TPSA) is 21.7 Å². The Morgan fingerprint density at radius 2 is 1.83 bits per heavy atom. The van der Waals surface area contributed by atoms with Crippen molar-refractivity contribution in [1.82, 2.24) is 4.90 Å². The Morgan fingerprint density at radius 1 is 1.17 bits per heavy atom. The molecule has 0 saturated carbocycles. The number of hydrogen-bond donors (Lipinski definition) is 0. The lowest BCUT2D eigenvalue weighted by molar-refractivity contribution is 0.0515. The van der Waals surface area contributed by atoms with E-state index in [4.69, 9.17) is 9.47 Å². The van der Waals surface area contributed by atoms with Gasteiger partial charge in [-0.2, -0.15) is 0 Å². The second kappa shape index (κ2) is 7.77. The van der Waals surface area contributed by atoms with E-state index in [1.807, 2.05) is 0 Å². The smallest absolute Gasteiger partial charge is 0.161 e. The van der Waals surface area contributed by atoms with Gasteiger partial charge in [-0.1, -0.05) is 28.2 Å². The van der Waals surface area contributed by atoms with Crippen LogP contribution < -0.4 is 9.47 Å². The van der Waals surface area contributed by atoms with Crippen LogP contribution in [0.2, 0.25) is 0 Å². The van der Waals surface area contributed by atoms with Gasteiger partial charge in [-0.05, 0) is 60.3 Å². The number of hydrogen-bond acceptors (Lipinski definition) is 3. The van der Waals surface area contributed by atoms with E-state index < -0.39 is 0 Å². The van der Waals surface area contributed by atoms with Crippen molar-refractivity contribution in [3.63, 3.8) is 0 Å². The molecule has 2 aliphatic rings. The zero-order valence-corrected chi connectivity index (χ0v) is 15.3. The second-order valence-electron chi connectivity index (χ2n) is 7.77. The van der Waals surface area contributed by atoms with E-state index in [2.05, 4.69) is 37.8 Å². The minimum absolute atomic E-state index is 0. The predicted octanol–water partition coefficient (Wildman–Crippen LogP) is 4.94. The maximum atomic E-state index is 5.54. The third-order valence-corrected chi connectivity index (χ3v) is 5.76. The fourth-order valence-electron chi connectivity index (χ4n) is 4.51. The molecule has 2 heterocycles. The predicted molar refractivity (Wildman–Crippen MR) is 101 cm³/mol. The number of piperidine rings is 1. The molecule has 1 saturated heterocycles. The van der Waals surface area contributed by atoms with E-state index in [9.17, 15) is 0 Å². The first-order chi connectivity index (χ1) is 11.0. The van der Waals surface area contributed by atoms with Gasteiger partial charge in [0.05, 0.1) is 14.2 Å². The quantitative estimate of drug-likeness (QED) is 0.779. The van der Waals surface area contributed by atoms with Gasteiger partial charge in [-0.15, -0.1) is 0 Å². The van der Waals surface area contributed by atoms with Gasteiger partial charge in [-0.3, -0.25) is 4.90 Å². The van der Waals surface area contributed by atoms with E-state index in [1.165, 1.54) is 37.1 Å². The molecule has 0 radical (unpaired) electrons. The Morgan fingerprint density at radius 3 is 2.46 bits per heavy atom. The first kappa shape index (κ1) is 19.1. The fraction of sp³-hybridized carbons (Fsp3) is 0.714. The molecule has 2 aliphatic heterocycles. The maximum absolute atomic E-state index is 5.54. The van der Waals surface area contributed by atoms with Crippen molar-refractivity contribution in [2.24, 2.45) is 17.8 Å². The standard InChI is InChI=1S/C20H31NO2.CH4/c1-13(2)8-16-12-21-7-6-15-10-19(22-4)20(23-5)11-17(15)18(21)9-14(16)3;/h10-11,13-14,16,18H,6-9,12H2,1-5H3;1H4/t14?,16-,18?;/m0./s1. The van der Waals surface area contributed by atoms with Crippen LogP contribution in [0.1, 0.15) is 58.2 Å². The van der Waals surface area contributed by atoms with Gasteiger partial charge < -0.3 is 9.47 Å². The summed E-state index contributed by atoms with van der Waals surface area (Å²) in [6, 6.07) is 4.97. The highest BCUT2D eigenvalue weighted by molar-refractivity contribution is 5.49. The SMILES string of the molecule is C.COc1cc2c(cc1OC)C1CC(C)[C@@H](CC(C)C)CN1CC2. The molecule has 24 heavy (non-hydrogen) atoms. The molecule has 0 aromatic heterocycles. The number of ether oxygens (including phenoxy) is 2. The largest absolute Gasteiger partial charge is 0.493 e. The Bertz CT molecular complexity index is 555. The minimum atomic E-state index is 0. The number of fused-ring (bicyclic) bond motifs is 3. The van der Waals surface area contributed by atoms with Crippen molar-refractivity contribution in [3.8, 4) is 11.5 Å². The highest BCUT2D eigenvalue weighted by Gasteiger charge is 2.37. The average molecular weight is 334 g/mol. The molecule has 3 heteroatoms. The summed E-state index contributed by atoms with van der Waals surface area (Å²) < 4.78 is 11.0. The van der Waals surface area contributed by atoms with E-state index in [0.717, 1.165) is 35.7 Å². The van der Waals surface area contributed by atoms with Crippen molar-refractivity contribution < 1.29 is 9.47 Å². The highest BCUT2D eigenvalue weighted by Crippen LogP contribution is 2.45. The van der Waals surface area contributed by atoms with Crippen molar-refractivity contribution >= 4 is 0 Å². The lowest BCUT2D eigenvalue weighted by Crippen LogP contribution is -2.45. The summed E-state index contributed by atoms with van der Waals surface area (Å²) in [4.78, 5) is 2.71. The third kappa shape index (κ3) is 3.56. The monoisotopic (exact) mass is 333 g/mol. The third-order valence-electron chi connectivity index (χ3n) is 5.76. The molecular weight excluding hydrogens is 298 g/mol. The van der Waals surface area contributed by atoms with E-state index in [-0.39, 0.29) is 7.43 Å². The van der Waals surface area contributed by atoms with Gasteiger partial charge >= 0.3 is 0 Å². The van der Waals surface area contributed by atoms with Crippen LogP contribution >= 0.6 is 0 Å². The van der Waals surface area contributed by atoms with Crippen LogP contribution in [0.25, 0.3) is 0 Å². The molecule has 0 N–H and O–H groups in total. The first-order valence-electron chi connectivity index (χ1n) is 9.02. The average Bonchev–Trinajstić information content (AvgIpc) is 2.53. The van der Waals surface area contributed by atoms with Crippen molar-refractivity contribution in [3.05, 3.63) is 23.3 Å². The molecule has 2 unspecified atom stereocenters. The van der Waals surface area contributed by atoms with Gasteiger partial charge in [-0.25, -0.2) is 0 Å². The lowest BCUT2D eigenvalue weighted by Gasteiger charge is -2.47.